The lowest BCUT2D eigenvalue weighted by atomic mass is 10.1. The number of hydrogen-bond donors (Lipinski definition) is 2. The van der Waals surface area contributed by atoms with Crippen LogP contribution in [-0.2, 0) is 14.8 Å². The van der Waals surface area contributed by atoms with Crippen LogP contribution in [0.5, 0.6) is 5.88 Å². The van der Waals surface area contributed by atoms with Crippen LogP contribution in [0.25, 0.3) is 27.7 Å². The van der Waals surface area contributed by atoms with Crippen molar-refractivity contribution in [2.75, 3.05) is 26.1 Å². The number of anilines is 1. The normalized spacial score (nSPS) is 14.7. The van der Waals surface area contributed by atoms with Gasteiger partial charge in [0.15, 0.2) is 0 Å². The molecule has 2 aromatic carbocycles. The minimum absolute atomic E-state index is 0.0139. The molecule has 5 rings (SSSR count). The Morgan fingerprint density at radius 1 is 1.08 bits per heavy atom. The number of hydrogen-bond acceptors (Lipinski definition) is 8. The van der Waals surface area contributed by atoms with E-state index in [-0.39, 0.29) is 28.3 Å². The van der Waals surface area contributed by atoms with Gasteiger partial charge in [-0.25, -0.2) is 27.7 Å². The summed E-state index contributed by atoms with van der Waals surface area (Å²) in [6, 6.07) is 15.3. The number of methoxy groups -OCH3 is 1. The average molecular weight is 508 g/mol. The third-order valence-corrected chi connectivity index (χ3v) is 7.60. The maximum absolute atomic E-state index is 13.4. The van der Waals surface area contributed by atoms with Crippen molar-refractivity contribution in [3.05, 3.63) is 71.1 Å². The quantitative estimate of drug-likeness (QED) is 0.406. The molecular weight excluding hydrogens is 482 g/mol. The zero-order chi connectivity index (χ0) is 25.3. The standard InChI is InChI=1S/C25H25N5O5S/c1-34-23-22(36(32,33)29-18-9-11-35-12-10-18)14-17(15-27-23)16-7-8-21-20(13-16)24(31)30(25(26)28-21)19-5-3-2-4-6-19/h2-8,13-15,18,29H,9-12H2,1H3,(H2,26,28). The molecule has 11 heteroatoms. The molecule has 0 spiro atoms. The molecule has 1 saturated heterocycles. The molecule has 4 aromatic rings. The zero-order valence-electron chi connectivity index (χ0n) is 19.5. The molecule has 0 bridgehead atoms. The minimum Gasteiger partial charge on any atom is -0.480 e. The lowest BCUT2D eigenvalue weighted by Crippen LogP contribution is -2.39. The van der Waals surface area contributed by atoms with Gasteiger partial charge in [-0.1, -0.05) is 24.3 Å². The Kier molecular flexibility index (Phi) is 6.44. The molecule has 0 aliphatic carbocycles. The van der Waals surface area contributed by atoms with E-state index in [1.165, 1.54) is 23.9 Å². The Bertz CT molecular complexity index is 1580. The van der Waals surface area contributed by atoms with Crippen LogP contribution in [0.4, 0.5) is 5.95 Å². The van der Waals surface area contributed by atoms with Gasteiger partial charge in [-0.05, 0) is 48.7 Å². The minimum atomic E-state index is -3.92. The number of aromatic nitrogens is 3. The number of sulfonamides is 1. The molecule has 186 valence electrons. The van der Waals surface area contributed by atoms with Crippen LogP contribution in [-0.4, -0.2) is 49.3 Å². The van der Waals surface area contributed by atoms with Gasteiger partial charge in [0, 0.05) is 31.0 Å². The van der Waals surface area contributed by atoms with Gasteiger partial charge >= 0.3 is 0 Å². The lowest BCUT2D eigenvalue weighted by molar-refractivity contribution is 0.0832. The van der Waals surface area contributed by atoms with E-state index in [0.717, 1.165) is 0 Å². The molecule has 1 aliphatic rings. The maximum Gasteiger partial charge on any atom is 0.267 e. The van der Waals surface area contributed by atoms with Crippen molar-refractivity contribution >= 4 is 26.9 Å². The van der Waals surface area contributed by atoms with Crippen molar-refractivity contribution in [1.82, 2.24) is 19.3 Å². The number of nitrogens with two attached hydrogens (primary N) is 1. The Hall–Kier alpha value is -3.80. The molecule has 0 radical (unpaired) electrons. The van der Waals surface area contributed by atoms with E-state index in [4.69, 9.17) is 15.2 Å². The second-order valence-electron chi connectivity index (χ2n) is 8.42. The summed E-state index contributed by atoms with van der Waals surface area (Å²) in [6.45, 7) is 0.998. The monoisotopic (exact) mass is 507 g/mol. The van der Waals surface area contributed by atoms with Crippen molar-refractivity contribution in [1.29, 1.82) is 0 Å². The Morgan fingerprint density at radius 2 is 1.83 bits per heavy atom. The number of pyridine rings is 1. The highest BCUT2D eigenvalue weighted by atomic mass is 32.2. The number of ether oxygens (including phenoxy) is 2. The van der Waals surface area contributed by atoms with E-state index in [1.807, 2.05) is 6.07 Å². The first kappa shape index (κ1) is 23.9. The van der Waals surface area contributed by atoms with Gasteiger partial charge < -0.3 is 15.2 Å². The molecule has 1 aliphatic heterocycles. The van der Waals surface area contributed by atoms with Gasteiger partial charge in [0.1, 0.15) is 4.90 Å². The Labute approximate surface area is 207 Å². The third-order valence-electron chi connectivity index (χ3n) is 6.09. The highest BCUT2D eigenvalue weighted by Gasteiger charge is 2.26. The zero-order valence-corrected chi connectivity index (χ0v) is 20.4. The van der Waals surface area contributed by atoms with Crippen molar-refractivity contribution in [3.63, 3.8) is 0 Å². The van der Waals surface area contributed by atoms with Gasteiger partial charge in [-0.2, -0.15) is 0 Å². The Morgan fingerprint density at radius 3 is 2.56 bits per heavy atom. The van der Waals surface area contributed by atoms with E-state index >= 15 is 0 Å². The summed E-state index contributed by atoms with van der Waals surface area (Å²) in [7, 11) is -2.55. The smallest absolute Gasteiger partial charge is 0.267 e. The van der Waals surface area contributed by atoms with E-state index in [0.29, 0.717) is 53.8 Å². The summed E-state index contributed by atoms with van der Waals surface area (Å²) in [5.41, 5.74) is 7.90. The predicted molar refractivity (Wildman–Crippen MR) is 136 cm³/mol. The fourth-order valence-electron chi connectivity index (χ4n) is 4.24. The summed E-state index contributed by atoms with van der Waals surface area (Å²) in [5.74, 6) is 0.0603. The molecule has 10 nitrogen and oxygen atoms in total. The summed E-state index contributed by atoms with van der Waals surface area (Å²) >= 11 is 0. The maximum atomic E-state index is 13.4. The van der Waals surface area contributed by atoms with Crippen LogP contribution in [0.1, 0.15) is 12.8 Å². The van der Waals surface area contributed by atoms with Crippen LogP contribution >= 0.6 is 0 Å². The van der Waals surface area contributed by atoms with Crippen LogP contribution < -0.4 is 20.8 Å². The van der Waals surface area contributed by atoms with Crippen LogP contribution in [0, 0.1) is 0 Å². The SMILES string of the molecule is COc1ncc(-c2ccc3nc(N)n(-c4ccccc4)c(=O)c3c2)cc1S(=O)(=O)NC1CCOCC1. The van der Waals surface area contributed by atoms with Crippen LogP contribution in [0.15, 0.2) is 70.5 Å². The first-order chi connectivity index (χ1) is 17.4. The second kappa shape index (κ2) is 9.69. The van der Waals surface area contributed by atoms with E-state index < -0.39 is 10.0 Å². The summed E-state index contributed by atoms with van der Waals surface area (Å²) < 4.78 is 41.1. The van der Waals surface area contributed by atoms with Crippen LogP contribution in [0.2, 0.25) is 0 Å². The fourth-order valence-corrected chi connectivity index (χ4v) is 5.69. The molecule has 1 fully saturated rings. The highest BCUT2D eigenvalue weighted by molar-refractivity contribution is 7.89. The molecule has 0 unspecified atom stereocenters. The molecule has 0 atom stereocenters. The van der Waals surface area contributed by atoms with Crippen molar-refractivity contribution in [2.24, 2.45) is 0 Å². The summed E-state index contributed by atoms with van der Waals surface area (Å²) in [4.78, 5) is 21.9. The fraction of sp³-hybridized carbons (Fsp3) is 0.240. The number of para-hydroxylation sites is 1. The number of nitrogen functional groups attached to an aromatic ring is 1. The first-order valence-corrected chi connectivity index (χ1v) is 12.9. The van der Waals surface area contributed by atoms with Gasteiger partial charge in [-0.3, -0.25) is 4.79 Å². The number of fused-ring (bicyclic) bond motifs is 1. The molecule has 0 saturated carbocycles. The number of rotatable bonds is 6. The summed E-state index contributed by atoms with van der Waals surface area (Å²) in [5, 5.41) is 0.339. The number of benzene rings is 2. The number of nitrogens with one attached hydrogen (secondary N) is 1. The largest absolute Gasteiger partial charge is 0.480 e. The summed E-state index contributed by atoms with van der Waals surface area (Å²) in [6.07, 6.45) is 2.68. The van der Waals surface area contributed by atoms with Gasteiger partial charge in [0.05, 0.1) is 23.7 Å². The van der Waals surface area contributed by atoms with E-state index in [9.17, 15) is 13.2 Å². The van der Waals surface area contributed by atoms with Crippen molar-refractivity contribution < 1.29 is 17.9 Å². The average Bonchev–Trinajstić information content (AvgIpc) is 2.89. The molecule has 0 amide bonds. The van der Waals surface area contributed by atoms with Crippen LogP contribution in [0.3, 0.4) is 0 Å². The topological polar surface area (TPSA) is 138 Å². The van der Waals surface area contributed by atoms with Gasteiger partial charge in [0.2, 0.25) is 21.9 Å². The van der Waals surface area contributed by atoms with Gasteiger partial charge in [-0.15, -0.1) is 0 Å². The molecule has 2 aromatic heterocycles. The van der Waals surface area contributed by atoms with E-state index in [2.05, 4.69) is 14.7 Å². The predicted octanol–water partition coefficient (Wildman–Crippen LogP) is 2.50. The van der Waals surface area contributed by atoms with Gasteiger partial charge in [0.25, 0.3) is 5.56 Å². The molecule has 3 N–H and O–H groups in total. The molecule has 36 heavy (non-hydrogen) atoms. The molecular formula is C25H25N5O5S. The lowest BCUT2D eigenvalue weighted by Gasteiger charge is -2.23. The highest BCUT2D eigenvalue weighted by Crippen LogP contribution is 2.29. The Balaban J connectivity index is 1.59. The first-order valence-electron chi connectivity index (χ1n) is 11.4. The second-order valence-corrected chi connectivity index (χ2v) is 10.1. The molecule has 3 heterocycles. The van der Waals surface area contributed by atoms with E-state index in [1.54, 1.807) is 42.5 Å². The van der Waals surface area contributed by atoms with Crippen molar-refractivity contribution in [2.45, 2.75) is 23.8 Å². The third kappa shape index (κ3) is 4.55. The number of nitrogens with zero attached hydrogens (tertiary/aromatic N) is 3. The van der Waals surface area contributed by atoms with Crippen molar-refractivity contribution in [3.8, 4) is 22.7 Å².